The molecule has 1 amide bonds. The highest BCUT2D eigenvalue weighted by atomic mass is 16.2. The topological polar surface area (TPSA) is 82.9 Å². The van der Waals surface area contributed by atoms with Crippen LogP contribution in [0.1, 0.15) is 27.6 Å². The molecule has 2 aliphatic heterocycles. The fourth-order valence-corrected chi connectivity index (χ4v) is 4.90. The molecule has 8 nitrogen and oxygen atoms in total. The highest BCUT2D eigenvalue weighted by Gasteiger charge is 2.56. The second-order valence-corrected chi connectivity index (χ2v) is 8.34. The second-order valence-electron chi connectivity index (χ2n) is 8.34. The number of aromatic amines is 1. The number of fused-ring (bicyclic) bond motifs is 1. The summed E-state index contributed by atoms with van der Waals surface area (Å²) in [6.07, 6.45) is 3.98. The summed E-state index contributed by atoms with van der Waals surface area (Å²) in [6, 6.07) is 9.52. The molecular weight excluding hydrogens is 366 g/mol. The predicted octanol–water partition coefficient (Wildman–Crippen LogP) is 1.37. The minimum atomic E-state index is -0.239. The minimum absolute atomic E-state index is 0.0884. The molecule has 2 aliphatic rings. The van der Waals surface area contributed by atoms with E-state index in [1.807, 2.05) is 60.1 Å². The lowest BCUT2D eigenvalue weighted by Gasteiger charge is -2.26. The molecule has 2 saturated heterocycles. The molecule has 2 fully saturated rings. The van der Waals surface area contributed by atoms with Crippen molar-refractivity contribution in [1.82, 2.24) is 34.8 Å². The fraction of sp³-hybridized carbons (Fsp3) is 0.429. The summed E-state index contributed by atoms with van der Waals surface area (Å²) in [4.78, 5) is 22.2. The quantitative estimate of drug-likeness (QED) is 0.726. The number of amides is 1. The van der Waals surface area contributed by atoms with Gasteiger partial charge < -0.3 is 4.90 Å². The van der Waals surface area contributed by atoms with Crippen molar-refractivity contribution in [2.45, 2.75) is 18.9 Å². The monoisotopic (exact) mass is 391 g/mol. The Labute approximate surface area is 169 Å². The van der Waals surface area contributed by atoms with Crippen LogP contribution in [0.4, 0.5) is 0 Å². The number of H-pyrrole nitrogens is 1. The number of carbonyl (C=O) groups excluding carboxylic acids is 1. The van der Waals surface area contributed by atoms with Gasteiger partial charge in [0, 0.05) is 63.0 Å². The Kier molecular flexibility index (Phi) is 4.24. The lowest BCUT2D eigenvalue weighted by Crippen LogP contribution is -2.40. The number of aromatic nitrogens is 5. The number of nitrogens with zero attached hydrogens (tertiary/aromatic N) is 6. The van der Waals surface area contributed by atoms with Crippen LogP contribution < -0.4 is 0 Å². The van der Waals surface area contributed by atoms with Crippen molar-refractivity contribution in [3.8, 4) is 0 Å². The van der Waals surface area contributed by atoms with Crippen LogP contribution in [0.2, 0.25) is 0 Å². The molecule has 150 valence electrons. The minimum Gasteiger partial charge on any atom is -0.337 e. The van der Waals surface area contributed by atoms with E-state index in [0.717, 1.165) is 43.4 Å². The summed E-state index contributed by atoms with van der Waals surface area (Å²) in [6.45, 7) is 5.90. The molecule has 4 heterocycles. The summed E-state index contributed by atoms with van der Waals surface area (Å²) in [5.74, 6) is 2.04. The van der Waals surface area contributed by atoms with Crippen LogP contribution in [0.3, 0.4) is 0 Å². The van der Waals surface area contributed by atoms with Gasteiger partial charge in [0.15, 0.2) is 5.82 Å². The van der Waals surface area contributed by atoms with E-state index in [0.29, 0.717) is 12.5 Å². The first-order valence-electron chi connectivity index (χ1n) is 9.97. The molecule has 0 saturated carbocycles. The average Bonchev–Trinajstić information content (AvgIpc) is 3.46. The number of rotatable bonds is 4. The maximum absolute atomic E-state index is 13.1. The van der Waals surface area contributed by atoms with Crippen molar-refractivity contribution in [3.63, 3.8) is 0 Å². The lowest BCUT2D eigenvalue weighted by molar-refractivity contribution is 0.0769. The summed E-state index contributed by atoms with van der Waals surface area (Å²) in [5.41, 5.74) is 1.70. The summed E-state index contributed by atoms with van der Waals surface area (Å²) in [7, 11) is 1.94. The molecule has 2 atom stereocenters. The number of nitrogens with one attached hydrogen (secondary N) is 1. The third kappa shape index (κ3) is 3.13. The Morgan fingerprint density at radius 3 is 2.76 bits per heavy atom. The van der Waals surface area contributed by atoms with Gasteiger partial charge in [0.2, 0.25) is 0 Å². The van der Waals surface area contributed by atoms with E-state index in [-0.39, 0.29) is 11.3 Å². The van der Waals surface area contributed by atoms with Gasteiger partial charge in [0.25, 0.3) is 5.91 Å². The van der Waals surface area contributed by atoms with Gasteiger partial charge in [-0.15, -0.1) is 0 Å². The Morgan fingerprint density at radius 2 is 2.07 bits per heavy atom. The van der Waals surface area contributed by atoms with E-state index in [2.05, 4.69) is 26.4 Å². The Hall–Kier alpha value is -3.00. The Bertz CT molecular complexity index is 1030. The van der Waals surface area contributed by atoms with E-state index in [1.54, 1.807) is 0 Å². The third-order valence-electron chi connectivity index (χ3n) is 6.19. The van der Waals surface area contributed by atoms with E-state index in [1.165, 1.54) is 5.56 Å². The van der Waals surface area contributed by atoms with Gasteiger partial charge in [-0.1, -0.05) is 18.2 Å². The van der Waals surface area contributed by atoms with Gasteiger partial charge in [-0.2, -0.15) is 10.2 Å². The Morgan fingerprint density at radius 1 is 1.24 bits per heavy atom. The smallest absolute Gasteiger partial charge is 0.253 e. The van der Waals surface area contributed by atoms with Crippen LogP contribution in [-0.2, 0) is 19.0 Å². The molecule has 0 aliphatic carbocycles. The zero-order valence-electron chi connectivity index (χ0n) is 16.7. The molecule has 0 radical (unpaired) electrons. The summed E-state index contributed by atoms with van der Waals surface area (Å²) in [5, 5.41) is 11.8. The van der Waals surface area contributed by atoms with Crippen molar-refractivity contribution in [2.75, 3.05) is 26.2 Å². The van der Waals surface area contributed by atoms with Gasteiger partial charge in [0.1, 0.15) is 5.82 Å². The van der Waals surface area contributed by atoms with E-state index >= 15 is 0 Å². The number of hydrogen-bond donors (Lipinski definition) is 1. The van der Waals surface area contributed by atoms with Gasteiger partial charge in [-0.25, -0.2) is 4.98 Å². The van der Waals surface area contributed by atoms with Crippen LogP contribution in [0.5, 0.6) is 0 Å². The molecule has 3 aromatic rings. The molecule has 29 heavy (non-hydrogen) atoms. The normalized spacial score (nSPS) is 24.2. The maximum Gasteiger partial charge on any atom is 0.253 e. The first-order valence-corrected chi connectivity index (χ1v) is 9.97. The van der Waals surface area contributed by atoms with Crippen molar-refractivity contribution in [2.24, 2.45) is 13.0 Å². The van der Waals surface area contributed by atoms with Crippen molar-refractivity contribution < 1.29 is 4.79 Å². The van der Waals surface area contributed by atoms with E-state index in [4.69, 9.17) is 4.98 Å². The molecule has 1 aromatic carbocycles. The number of likely N-dealkylation sites (tertiary alicyclic amines) is 2. The number of carbonyl (C=O) groups is 1. The number of hydrogen-bond acceptors (Lipinski definition) is 5. The van der Waals surface area contributed by atoms with Crippen LogP contribution in [0, 0.1) is 12.8 Å². The lowest BCUT2D eigenvalue weighted by atomic mass is 9.80. The van der Waals surface area contributed by atoms with Crippen molar-refractivity contribution in [3.05, 3.63) is 65.5 Å². The number of aryl methyl sites for hydroxylation is 2. The average molecular weight is 391 g/mol. The molecule has 8 heteroatoms. The highest BCUT2D eigenvalue weighted by Crippen LogP contribution is 2.44. The van der Waals surface area contributed by atoms with Crippen molar-refractivity contribution >= 4 is 5.91 Å². The summed E-state index contributed by atoms with van der Waals surface area (Å²) < 4.78 is 1.83. The molecular formula is C21H25N7O. The fourth-order valence-electron chi connectivity index (χ4n) is 4.90. The molecule has 0 bridgehead atoms. The standard InChI is InChI=1S/C21H25N7O/c1-15-23-20(25-24-15)21-13-27(10-16-8-22-26(2)9-16)11-18(21)12-28(14-21)19(29)17-6-4-3-5-7-17/h3-9,18H,10-14H2,1-2H3,(H,23,24,25)/t18-,21-/m1/s1. The molecule has 0 spiro atoms. The van der Waals surface area contributed by atoms with Crippen LogP contribution in [0.25, 0.3) is 0 Å². The second kappa shape index (κ2) is 6.81. The molecule has 2 aromatic heterocycles. The van der Waals surface area contributed by atoms with E-state index < -0.39 is 0 Å². The largest absolute Gasteiger partial charge is 0.337 e. The summed E-state index contributed by atoms with van der Waals surface area (Å²) >= 11 is 0. The zero-order valence-corrected chi connectivity index (χ0v) is 16.7. The number of benzene rings is 1. The van der Waals surface area contributed by atoms with Crippen LogP contribution >= 0.6 is 0 Å². The Balaban J connectivity index is 1.41. The van der Waals surface area contributed by atoms with E-state index in [9.17, 15) is 4.79 Å². The van der Waals surface area contributed by atoms with Gasteiger partial charge in [-0.3, -0.25) is 19.5 Å². The predicted molar refractivity (Wildman–Crippen MR) is 107 cm³/mol. The first kappa shape index (κ1) is 18.1. The van der Waals surface area contributed by atoms with Crippen LogP contribution in [0.15, 0.2) is 42.7 Å². The third-order valence-corrected chi connectivity index (χ3v) is 6.19. The van der Waals surface area contributed by atoms with Gasteiger partial charge >= 0.3 is 0 Å². The first-order chi connectivity index (χ1) is 14.0. The maximum atomic E-state index is 13.1. The highest BCUT2D eigenvalue weighted by molar-refractivity contribution is 5.94. The van der Waals surface area contributed by atoms with Crippen molar-refractivity contribution in [1.29, 1.82) is 0 Å². The van der Waals surface area contributed by atoms with Crippen LogP contribution in [-0.4, -0.2) is 66.8 Å². The van der Waals surface area contributed by atoms with Gasteiger partial charge in [0.05, 0.1) is 11.6 Å². The molecule has 5 rings (SSSR count). The van der Waals surface area contributed by atoms with Gasteiger partial charge in [-0.05, 0) is 19.1 Å². The molecule has 1 N–H and O–H groups in total. The SMILES string of the molecule is Cc1nc([C@@]23CN(Cc4cnn(C)c4)C[C@@H]2CN(C(=O)c2ccccc2)C3)n[nH]1. The molecule has 0 unspecified atom stereocenters. The zero-order chi connectivity index (χ0) is 20.0.